The van der Waals surface area contributed by atoms with Crippen molar-refractivity contribution in [2.24, 2.45) is 0 Å². The van der Waals surface area contributed by atoms with Crippen LogP contribution in [0.3, 0.4) is 0 Å². The lowest BCUT2D eigenvalue weighted by atomic mass is 10.1. The van der Waals surface area contributed by atoms with Crippen LogP contribution >= 0.6 is 11.6 Å². The Morgan fingerprint density at radius 1 is 1.18 bits per heavy atom. The summed E-state index contributed by atoms with van der Waals surface area (Å²) in [6.45, 7) is 3.86. The van der Waals surface area contributed by atoms with Crippen LogP contribution in [0.5, 0.6) is 0 Å². The summed E-state index contributed by atoms with van der Waals surface area (Å²) in [6, 6.07) is 14.7. The number of anilines is 1. The maximum Gasteiger partial charge on any atom is 0.266 e. The molecule has 22 heavy (non-hydrogen) atoms. The summed E-state index contributed by atoms with van der Waals surface area (Å²) in [5, 5.41) is 12.6. The van der Waals surface area contributed by atoms with Gasteiger partial charge in [0, 0.05) is 10.7 Å². The van der Waals surface area contributed by atoms with Crippen molar-refractivity contribution in [3.8, 4) is 6.07 Å². The van der Waals surface area contributed by atoms with Gasteiger partial charge in [-0.1, -0.05) is 35.9 Å². The van der Waals surface area contributed by atoms with Crippen LogP contribution in [0.2, 0.25) is 5.02 Å². The quantitative estimate of drug-likeness (QED) is 0.670. The van der Waals surface area contributed by atoms with Crippen molar-refractivity contribution in [1.82, 2.24) is 0 Å². The Balaban J connectivity index is 2.24. The van der Waals surface area contributed by atoms with E-state index in [0.29, 0.717) is 10.7 Å². The molecule has 0 aliphatic carbocycles. The number of rotatable bonds is 3. The number of halogens is 1. The topological polar surface area (TPSA) is 52.9 Å². The van der Waals surface area contributed by atoms with E-state index in [1.165, 1.54) is 6.08 Å². The summed E-state index contributed by atoms with van der Waals surface area (Å²) in [6.07, 6.45) is 1.54. The van der Waals surface area contributed by atoms with Crippen molar-refractivity contribution in [1.29, 1.82) is 5.26 Å². The third-order valence-corrected chi connectivity index (χ3v) is 3.44. The van der Waals surface area contributed by atoms with Crippen LogP contribution in [0, 0.1) is 25.2 Å². The molecule has 0 aliphatic heterocycles. The highest BCUT2D eigenvalue weighted by Gasteiger charge is 2.11. The maximum atomic E-state index is 12.3. The first-order valence-corrected chi connectivity index (χ1v) is 7.13. The highest BCUT2D eigenvalue weighted by Crippen LogP contribution is 2.18. The number of nitrogens with one attached hydrogen (secondary N) is 1. The van der Waals surface area contributed by atoms with Gasteiger partial charge < -0.3 is 5.32 Å². The lowest BCUT2D eigenvalue weighted by molar-refractivity contribution is -0.112. The van der Waals surface area contributed by atoms with E-state index in [-0.39, 0.29) is 5.57 Å². The molecule has 2 aromatic rings. The minimum atomic E-state index is -0.425. The molecular formula is C18H15ClN2O. The zero-order chi connectivity index (χ0) is 16.1. The summed E-state index contributed by atoms with van der Waals surface area (Å²) in [7, 11) is 0. The van der Waals surface area contributed by atoms with Gasteiger partial charge in [-0.15, -0.1) is 0 Å². The van der Waals surface area contributed by atoms with Gasteiger partial charge in [0.25, 0.3) is 5.91 Å². The van der Waals surface area contributed by atoms with Gasteiger partial charge in [-0.3, -0.25) is 4.79 Å². The minimum Gasteiger partial charge on any atom is -0.321 e. The van der Waals surface area contributed by atoms with Crippen molar-refractivity contribution >= 4 is 29.3 Å². The van der Waals surface area contributed by atoms with E-state index < -0.39 is 5.91 Å². The number of amides is 1. The van der Waals surface area contributed by atoms with Gasteiger partial charge in [-0.25, -0.2) is 0 Å². The predicted molar refractivity (Wildman–Crippen MR) is 89.6 cm³/mol. The van der Waals surface area contributed by atoms with Crippen LogP contribution in [0.4, 0.5) is 5.69 Å². The number of aryl methyl sites for hydroxylation is 2. The first-order valence-electron chi connectivity index (χ1n) is 6.75. The van der Waals surface area contributed by atoms with Crippen molar-refractivity contribution in [2.45, 2.75) is 13.8 Å². The zero-order valence-corrected chi connectivity index (χ0v) is 13.1. The van der Waals surface area contributed by atoms with Crippen molar-refractivity contribution in [2.75, 3.05) is 5.32 Å². The monoisotopic (exact) mass is 310 g/mol. The first kappa shape index (κ1) is 15.8. The van der Waals surface area contributed by atoms with Gasteiger partial charge in [-0.05, 0) is 54.8 Å². The number of nitrogens with zero attached hydrogens (tertiary/aromatic N) is 1. The lowest BCUT2D eigenvalue weighted by Crippen LogP contribution is -2.14. The second kappa shape index (κ2) is 6.93. The second-order valence-corrected chi connectivity index (χ2v) is 5.43. The van der Waals surface area contributed by atoms with Crippen molar-refractivity contribution in [3.63, 3.8) is 0 Å². The Morgan fingerprint density at radius 2 is 1.86 bits per heavy atom. The van der Waals surface area contributed by atoms with Crippen LogP contribution in [0.15, 0.2) is 48.0 Å². The Morgan fingerprint density at radius 3 is 2.50 bits per heavy atom. The third kappa shape index (κ3) is 3.97. The van der Waals surface area contributed by atoms with Gasteiger partial charge in [0.05, 0.1) is 0 Å². The average molecular weight is 311 g/mol. The molecule has 0 bridgehead atoms. The van der Waals surface area contributed by atoms with E-state index in [0.717, 1.165) is 16.7 Å². The van der Waals surface area contributed by atoms with Gasteiger partial charge in [0.1, 0.15) is 11.6 Å². The largest absolute Gasteiger partial charge is 0.321 e. The number of hydrogen-bond acceptors (Lipinski definition) is 2. The smallest absolute Gasteiger partial charge is 0.266 e. The Labute approximate surface area is 134 Å². The molecule has 1 amide bonds. The van der Waals surface area contributed by atoms with Crippen LogP contribution in [0.1, 0.15) is 16.7 Å². The maximum absolute atomic E-state index is 12.3. The number of hydrogen-bond donors (Lipinski definition) is 1. The predicted octanol–water partition coefficient (Wildman–Crippen LogP) is 4.50. The molecule has 0 heterocycles. The highest BCUT2D eigenvalue weighted by atomic mass is 35.5. The average Bonchev–Trinajstić information content (AvgIpc) is 2.50. The number of nitriles is 1. The third-order valence-electron chi connectivity index (χ3n) is 3.19. The molecule has 110 valence electrons. The molecule has 0 fully saturated rings. The molecule has 1 N–H and O–H groups in total. The molecule has 2 rings (SSSR count). The van der Waals surface area contributed by atoms with Crippen molar-refractivity contribution < 1.29 is 4.79 Å². The molecule has 0 aromatic heterocycles. The Hall–Kier alpha value is -2.57. The molecule has 0 atom stereocenters. The number of carbonyl (C=O) groups is 1. The molecule has 0 saturated carbocycles. The molecule has 0 saturated heterocycles. The van der Waals surface area contributed by atoms with E-state index in [1.54, 1.807) is 24.3 Å². The molecule has 0 aliphatic rings. The molecule has 0 spiro atoms. The Kier molecular flexibility index (Phi) is 4.98. The van der Waals surface area contributed by atoms with Gasteiger partial charge in [-0.2, -0.15) is 5.26 Å². The fraction of sp³-hybridized carbons (Fsp3) is 0.111. The van der Waals surface area contributed by atoms with E-state index in [9.17, 15) is 10.1 Å². The summed E-state index contributed by atoms with van der Waals surface area (Å²) < 4.78 is 0. The highest BCUT2D eigenvalue weighted by molar-refractivity contribution is 6.30. The van der Waals surface area contributed by atoms with Gasteiger partial charge in [0.15, 0.2) is 0 Å². The molecule has 0 unspecified atom stereocenters. The van der Waals surface area contributed by atoms with Crippen LogP contribution in [-0.4, -0.2) is 5.91 Å². The van der Waals surface area contributed by atoms with Gasteiger partial charge in [0.2, 0.25) is 0 Å². The molecular weight excluding hydrogens is 296 g/mol. The second-order valence-electron chi connectivity index (χ2n) is 4.99. The summed E-state index contributed by atoms with van der Waals surface area (Å²) in [5.41, 5.74) is 3.49. The molecule has 0 radical (unpaired) electrons. The molecule has 3 nitrogen and oxygen atoms in total. The summed E-state index contributed by atoms with van der Waals surface area (Å²) in [5.74, 6) is -0.425. The van der Waals surface area contributed by atoms with Gasteiger partial charge >= 0.3 is 0 Å². The zero-order valence-electron chi connectivity index (χ0n) is 12.4. The standard InChI is InChI=1S/C18H15ClN2O/c1-12-3-4-13(2)17(9-12)21-18(22)15(11-20)10-14-5-7-16(19)8-6-14/h3-10H,1-2H3,(H,21,22)/b15-10-. The van der Waals surface area contributed by atoms with Crippen LogP contribution < -0.4 is 5.32 Å². The fourth-order valence-corrected chi connectivity index (χ4v) is 2.06. The number of benzene rings is 2. The SMILES string of the molecule is Cc1ccc(C)c(NC(=O)/C(C#N)=C\c2ccc(Cl)cc2)c1. The fourth-order valence-electron chi connectivity index (χ4n) is 1.93. The van der Waals surface area contributed by atoms with E-state index >= 15 is 0 Å². The van der Waals surface area contributed by atoms with Crippen molar-refractivity contribution in [3.05, 3.63) is 69.8 Å². The van der Waals surface area contributed by atoms with E-state index in [4.69, 9.17) is 11.6 Å². The molecule has 2 aromatic carbocycles. The lowest BCUT2D eigenvalue weighted by Gasteiger charge is -2.08. The van der Waals surface area contributed by atoms with Crippen LogP contribution in [-0.2, 0) is 4.79 Å². The Bertz CT molecular complexity index is 771. The van der Waals surface area contributed by atoms with E-state index in [1.807, 2.05) is 38.1 Å². The summed E-state index contributed by atoms with van der Waals surface area (Å²) >= 11 is 5.82. The first-order chi connectivity index (χ1) is 10.5. The summed E-state index contributed by atoms with van der Waals surface area (Å²) in [4.78, 5) is 12.3. The normalized spacial score (nSPS) is 10.9. The van der Waals surface area contributed by atoms with E-state index in [2.05, 4.69) is 5.32 Å². The number of carbonyl (C=O) groups excluding carboxylic acids is 1. The minimum absolute atomic E-state index is 0.0447. The van der Waals surface area contributed by atoms with Crippen LogP contribution in [0.25, 0.3) is 6.08 Å². The molecule has 4 heteroatoms.